The number of ether oxygens (including phenoxy) is 2. The van der Waals surface area contributed by atoms with Gasteiger partial charge < -0.3 is 9.47 Å². The van der Waals surface area contributed by atoms with Crippen molar-refractivity contribution >= 4 is 11.9 Å². The highest BCUT2D eigenvalue weighted by atomic mass is 16.6. The van der Waals surface area contributed by atoms with Crippen molar-refractivity contribution in [1.82, 2.24) is 4.68 Å². The second-order valence-electron chi connectivity index (χ2n) is 4.70. The molecule has 1 N–H and O–H groups in total. The fraction of sp³-hybridized carbons (Fsp3) is 0.235. The molecule has 0 amide bonds. The molecule has 0 bridgehead atoms. The van der Waals surface area contributed by atoms with E-state index in [4.69, 9.17) is 9.47 Å². The van der Waals surface area contributed by atoms with Crippen LogP contribution in [0.1, 0.15) is 13.8 Å². The molecular formula is C17H18N2O5. The normalized spacial score (nSPS) is 10.1. The van der Waals surface area contributed by atoms with Crippen LogP contribution in [0, 0.1) is 0 Å². The Hall–Kier alpha value is -3.09. The van der Waals surface area contributed by atoms with Gasteiger partial charge in [-0.15, -0.1) is 0 Å². The Morgan fingerprint density at radius 2 is 1.71 bits per heavy atom. The smallest absolute Gasteiger partial charge is 0.347 e. The molecule has 7 nitrogen and oxygen atoms in total. The van der Waals surface area contributed by atoms with Gasteiger partial charge in [-0.3, -0.25) is 10.2 Å². The van der Waals surface area contributed by atoms with Crippen LogP contribution >= 0.6 is 0 Å². The first-order valence-electron chi connectivity index (χ1n) is 7.50. The molecule has 0 saturated carbocycles. The van der Waals surface area contributed by atoms with Crippen LogP contribution in [0.3, 0.4) is 0 Å². The van der Waals surface area contributed by atoms with Crippen LogP contribution in [0.25, 0.3) is 11.3 Å². The lowest BCUT2D eigenvalue weighted by atomic mass is 10.2. The summed E-state index contributed by atoms with van der Waals surface area (Å²) in [5.41, 5.74) is 3.36. The summed E-state index contributed by atoms with van der Waals surface area (Å²) in [5.74, 6) is -1.64. The van der Waals surface area contributed by atoms with E-state index < -0.39 is 11.9 Å². The highest BCUT2D eigenvalue weighted by Gasteiger charge is 2.21. The monoisotopic (exact) mass is 330 g/mol. The van der Waals surface area contributed by atoms with Gasteiger partial charge in [0.05, 0.1) is 18.9 Å². The van der Waals surface area contributed by atoms with Crippen LogP contribution in [0.5, 0.6) is 0 Å². The summed E-state index contributed by atoms with van der Waals surface area (Å²) in [6, 6.07) is 10.4. The minimum absolute atomic E-state index is 0.116. The maximum absolute atomic E-state index is 12.1. The van der Waals surface area contributed by atoms with E-state index in [9.17, 15) is 14.4 Å². The van der Waals surface area contributed by atoms with Gasteiger partial charge in [0.2, 0.25) is 0 Å². The predicted molar refractivity (Wildman–Crippen MR) is 88.0 cm³/mol. The van der Waals surface area contributed by atoms with Crippen LogP contribution in [-0.4, -0.2) is 29.8 Å². The van der Waals surface area contributed by atoms with Gasteiger partial charge in [0.25, 0.3) is 5.56 Å². The van der Waals surface area contributed by atoms with E-state index in [1.165, 1.54) is 10.7 Å². The van der Waals surface area contributed by atoms with Crippen molar-refractivity contribution < 1.29 is 19.1 Å². The number of carbonyl (C=O) groups is 2. The third-order valence-electron chi connectivity index (χ3n) is 3.12. The first kappa shape index (κ1) is 17.3. The number of hydrogen-bond donors (Lipinski definition) is 1. The molecule has 0 saturated heterocycles. The van der Waals surface area contributed by atoms with Gasteiger partial charge in [0, 0.05) is 17.8 Å². The van der Waals surface area contributed by atoms with Crippen molar-refractivity contribution in [3.05, 3.63) is 58.5 Å². The largest absolute Gasteiger partial charge is 0.462 e. The van der Waals surface area contributed by atoms with Crippen LogP contribution in [0.4, 0.5) is 0 Å². The molecular weight excluding hydrogens is 312 g/mol. The molecule has 1 aliphatic carbocycles. The van der Waals surface area contributed by atoms with E-state index >= 15 is 0 Å². The van der Waals surface area contributed by atoms with Crippen molar-refractivity contribution in [1.29, 1.82) is 0 Å². The maximum Gasteiger partial charge on any atom is 0.347 e. The van der Waals surface area contributed by atoms with Gasteiger partial charge in [0.1, 0.15) is 0 Å². The average Bonchev–Trinajstić information content (AvgIpc) is 2.71. The second kappa shape index (κ2) is 7.96. The minimum Gasteiger partial charge on any atom is -0.462 e. The van der Waals surface area contributed by atoms with Gasteiger partial charge in [-0.25, -0.2) is 14.3 Å². The summed E-state index contributed by atoms with van der Waals surface area (Å²) < 4.78 is 10.9. The Labute approximate surface area is 138 Å². The van der Waals surface area contributed by atoms with Crippen LogP contribution in [0.15, 0.2) is 53.0 Å². The molecule has 126 valence electrons. The Balaban J connectivity index is 2.36. The Kier molecular flexibility index (Phi) is 5.73. The van der Waals surface area contributed by atoms with Gasteiger partial charge in [-0.2, -0.15) is 0 Å². The molecule has 2 aliphatic rings. The minimum atomic E-state index is -0.821. The zero-order valence-corrected chi connectivity index (χ0v) is 13.4. The lowest BCUT2D eigenvalue weighted by Crippen LogP contribution is -2.25. The number of esters is 2. The molecule has 7 heteroatoms. The van der Waals surface area contributed by atoms with Crippen LogP contribution in [0.2, 0.25) is 0 Å². The summed E-state index contributed by atoms with van der Waals surface area (Å²) in [4.78, 5) is 35.9. The fourth-order valence-corrected chi connectivity index (χ4v) is 2.07. The molecule has 0 aromatic heterocycles. The summed E-state index contributed by atoms with van der Waals surface area (Å²) in [6.45, 7) is 3.49. The quantitative estimate of drug-likeness (QED) is 0.374. The SMILES string of the molecule is CCOC(=O)C(=CNn1c2cccccc-2cc1=O)C(=O)OCC. The molecule has 0 aromatic carbocycles. The van der Waals surface area contributed by atoms with E-state index in [-0.39, 0.29) is 24.3 Å². The van der Waals surface area contributed by atoms with Crippen LogP contribution in [-0.2, 0) is 19.1 Å². The number of fused-ring (bicyclic) bond motifs is 1. The molecule has 24 heavy (non-hydrogen) atoms. The molecule has 0 spiro atoms. The molecule has 0 atom stereocenters. The van der Waals surface area contributed by atoms with Gasteiger partial charge >= 0.3 is 11.9 Å². The van der Waals surface area contributed by atoms with Crippen molar-refractivity contribution in [3.63, 3.8) is 0 Å². The average molecular weight is 330 g/mol. The molecule has 2 rings (SSSR count). The number of rotatable bonds is 6. The van der Waals surface area contributed by atoms with E-state index in [0.717, 1.165) is 11.8 Å². The Morgan fingerprint density at radius 1 is 1.08 bits per heavy atom. The van der Waals surface area contributed by atoms with Crippen molar-refractivity contribution in [2.75, 3.05) is 18.6 Å². The number of carbonyl (C=O) groups excluding carboxylic acids is 2. The lowest BCUT2D eigenvalue weighted by molar-refractivity contribution is -0.146. The number of nitrogens with one attached hydrogen (secondary N) is 1. The predicted octanol–water partition coefficient (Wildman–Crippen LogP) is 1.51. The van der Waals surface area contributed by atoms with Crippen molar-refractivity contribution in [3.8, 4) is 11.3 Å². The van der Waals surface area contributed by atoms with E-state index in [1.54, 1.807) is 32.0 Å². The number of aromatic nitrogens is 1. The molecule has 0 fully saturated rings. The number of nitrogens with zero attached hydrogens (tertiary/aromatic N) is 1. The Morgan fingerprint density at radius 3 is 2.33 bits per heavy atom. The molecule has 0 unspecified atom stereocenters. The highest BCUT2D eigenvalue weighted by molar-refractivity contribution is 6.14. The molecule has 0 radical (unpaired) electrons. The van der Waals surface area contributed by atoms with Gasteiger partial charge in [0.15, 0.2) is 5.57 Å². The van der Waals surface area contributed by atoms with Crippen molar-refractivity contribution in [2.45, 2.75) is 13.8 Å². The molecule has 0 aromatic rings. The first-order chi connectivity index (χ1) is 11.6. The highest BCUT2D eigenvalue weighted by Crippen LogP contribution is 2.17. The molecule has 1 aliphatic heterocycles. The topological polar surface area (TPSA) is 86.6 Å². The second-order valence-corrected chi connectivity index (χ2v) is 4.70. The first-order valence-corrected chi connectivity index (χ1v) is 7.50. The van der Waals surface area contributed by atoms with Gasteiger partial charge in [-0.1, -0.05) is 24.3 Å². The van der Waals surface area contributed by atoms with Crippen molar-refractivity contribution in [2.24, 2.45) is 0 Å². The third-order valence-corrected chi connectivity index (χ3v) is 3.12. The van der Waals surface area contributed by atoms with E-state index in [1.807, 2.05) is 12.1 Å². The maximum atomic E-state index is 12.1. The Bertz CT molecular complexity index is 774. The standard InChI is InChI=1S/C17H18N2O5/c1-3-23-16(21)13(17(22)24-4-2)11-18-19-14-9-7-5-6-8-12(14)10-15(19)20/h5-11,18H,3-4H2,1-2H3. The zero-order valence-electron chi connectivity index (χ0n) is 13.4. The third kappa shape index (κ3) is 3.81. The summed E-state index contributed by atoms with van der Waals surface area (Å²) in [6.07, 6.45) is 1.11. The van der Waals surface area contributed by atoms with Gasteiger partial charge in [-0.05, 0) is 19.9 Å². The molecule has 1 heterocycles. The summed E-state index contributed by atoms with van der Waals surface area (Å²) in [5, 5.41) is 0. The van der Waals surface area contributed by atoms with Crippen LogP contribution < -0.4 is 11.0 Å². The lowest BCUT2D eigenvalue weighted by Gasteiger charge is -2.09. The fourth-order valence-electron chi connectivity index (χ4n) is 2.07. The summed E-state index contributed by atoms with van der Waals surface area (Å²) in [7, 11) is 0. The number of hydrogen-bond acceptors (Lipinski definition) is 6. The van der Waals surface area contributed by atoms with E-state index in [0.29, 0.717) is 5.69 Å². The zero-order chi connectivity index (χ0) is 17.5. The van der Waals surface area contributed by atoms with E-state index in [2.05, 4.69) is 5.43 Å². The summed E-state index contributed by atoms with van der Waals surface area (Å²) >= 11 is 0.